The average Bonchev–Trinajstić information content (AvgIpc) is 3.73. The molecule has 0 bridgehead atoms. The lowest BCUT2D eigenvalue weighted by molar-refractivity contribution is 1.58. The monoisotopic (exact) mass is 694 g/mol. The molecule has 0 unspecified atom stereocenters. The van der Waals surface area contributed by atoms with Gasteiger partial charge in [-0.2, -0.15) is 0 Å². The van der Waals surface area contributed by atoms with E-state index in [2.05, 4.69) is 182 Å². The number of thiophene rings is 2. The van der Waals surface area contributed by atoms with Crippen molar-refractivity contribution in [3.63, 3.8) is 0 Å². The summed E-state index contributed by atoms with van der Waals surface area (Å²) in [5.41, 5.74) is 9.87. The standard InChI is InChI=1S/C50H30S2/c1-2-8-31(9-3-1)32-12-6-13-33(22-32)34-14-7-15-35(23-34)38-16-17-40-25-41(19-18-39(40)24-38)42-20-21-43-28-46-48(30-44(43)26-42)52-49-45-27-36-10-4-5-11-37(36)29-47(45)51-50(46)49/h1-30H. The molecule has 2 heteroatoms. The summed E-state index contributed by atoms with van der Waals surface area (Å²) in [5, 5.41) is 10.5. The van der Waals surface area contributed by atoms with Crippen molar-refractivity contribution in [3.8, 4) is 44.5 Å². The molecule has 52 heavy (non-hydrogen) atoms. The van der Waals surface area contributed by atoms with Crippen LogP contribution in [0.5, 0.6) is 0 Å². The first-order chi connectivity index (χ1) is 25.7. The van der Waals surface area contributed by atoms with Gasteiger partial charge in [0, 0.05) is 20.2 Å². The Morgan fingerprint density at radius 3 is 1.13 bits per heavy atom. The van der Waals surface area contributed by atoms with Crippen LogP contribution in [0.3, 0.4) is 0 Å². The maximum atomic E-state index is 2.40. The topological polar surface area (TPSA) is 0 Å². The fourth-order valence-corrected chi connectivity index (χ4v) is 10.6. The molecule has 0 nitrogen and oxygen atoms in total. The van der Waals surface area contributed by atoms with Gasteiger partial charge in [0.1, 0.15) is 0 Å². The molecule has 242 valence electrons. The predicted octanol–water partition coefficient (Wildman–Crippen LogP) is 15.4. The van der Waals surface area contributed by atoms with E-state index in [1.54, 1.807) is 0 Å². The van der Waals surface area contributed by atoms with Crippen LogP contribution in [-0.2, 0) is 0 Å². The van der Waals surface area contributed by atoms with Crippen molar-refractivity contribution in [1.82, 2.24) is 0 Å². The van der Waals surface area contributed by atoms with Crippen LogP contribution in [0.2, 0.25) is 0 Å². The van der Waals surface area contributed by atoms with Gasteiger partial charge >= 0.3 is 0 Å². The Kier molecular flexibility index (Phi) is 6.70. The molecule has 0 amide bonds. The minimum atomic E-state index is 1.23. The molecule has 0 aliphatic rings. The molecule has 9 aromatic carbocycles. The summed E-state index contributed by atoms with van der Waals surface area (Å²) in [5.74, 6) is 0. The van der Waals surface area contributed by atoms with E-state index in [-0.39, 0.29) is 0 Å². The van der Waals surface area contributed by atoms with Crippen molar-refractivity contribution in [2.45, 2.75) is 0 Å². The SMILES string of the molecule is c1ccc(-c2cccc(-c3cccc(-c4ccc5cc(-c6ccc7cc8c(cc7c6)sc6c7cc9ccccc9cc7sc86)ccc5c4)c3)c2)cc1. The van der Waals surface area contributed by atoms with Gasteiger partial charge in [-0.05, 0) is 131 Å². The Labute approximate surface area is 309 Å². The van der Waals surface area contributed by atoms with Crippen molar-refractivity contribution >= 4 is 84.6 Å². The summed E-state index contributed by atoms with van der Waals surface area (Å²) < 4.78 is 5.56. The summed E-state index contributed by atoms with van der Waals surface area (Å²) in [6, 6.07) is 67.3. The molecule has 0 atom stereocenters. The number of hydrogen-bond acceptors (Lipinski definition) is 2. The van der Waals surface area contributed by atoms with Gasteiger partial charge < -0.3 is 0 Å². The molecule has 0 fully saturated rings. The van der Waals surface area contributed by atoms with Gasteiger partial charge in [-0.25, -0.2) is 0 Å². The molecule has 0 spiro atoms. The second-order valence-electron chi connectivity index (χ2n) is 13.8. The molecule has 0 aliphatic heterocycles. The third kappa shape index (κ3) is 4.95. The van der Waals surface area contributed by atoms with E-state index >= 15 is 0 Å². The molecular formula is C50H30S2. The predicted molar refractivity (Wildman–Crippen MR) is 229 cm³/mol. The van der Waals surface area contributed by atoms with Gasteiger partial charge in [-0.3, -0.25) is 0 Å². The van der Waals surface area contributed by atoms with Gasteiger partial charge in [0.2, 0.25) is 0 Å². The van der Waals surface area contributed by atoms with Gasteiger partial charge in [-0.1, -0.05) is 127 Å². The Hall–Kier alpha value is -6.06. The van der Waals surface area contributed by atoms with E-state index < -0.39 is 0 Å². The lowest BCUT2D eigenvalue weighted by Gasteiger charge is -2.10. The lowest BCUT2D eigenvalue weighted by Crippen LogP contribution is -1.85. The molecule has 0 radical (unpaired) electrons. The normalized spacial score (nSPS) is 11.8. The number of rotatable bonds is 4. The highest BCUT2D eigenvalue weighted by Gasteiger charge is 2.14. The van der Waals surface area contributed by atoms with Crippen LogP contribution in [0.1, 0.15) is 0 Å². The van der Waals surface area contributed by atoms with E-state index in [1.165, 1.54) is 106 Å². The maximum absolute atomic E-state index is 2.40. The van der Waals surface area contributed by atoms with Crippen LogP contribution in [0.4, 0.5) is 0 Å². The fraction of sp³-hybridized carbons (Fsp3) is 0. The van der Waals surface area contributed by atoms with E-state index in [4.69, 9.17) is 0 Å². The molecular weight excluding hydrogens is 665 g/mol. The largest absolute Gasteiger partial charge is 0.134 e. The smallest absolute Gasteiger partial charge is 0.0542 e. The summed E-state index contributed by atoms with van der Waals surface area (Å²) in [6.07, 6.45) is 0. The van der Waals surface area contributed by atoms with Crippen LogP contribution >= 0.6 is 22.7 Å². The van der Waals surface area contributed by atoms with Crippen LogP contribution in [0.25, 0.3) is 106 Å². The second-order valence-corrected chi connectivity index (χ2v) is 15.9. The van der Waals surface area contributed by atoms with Crippen LogP contribution < -0.4 is 0 Å². The second kappa shape index (κ2) is 11.7. The van der Waals surface area contributed by atoms with Crippen molar-refractivity contribution in [2.24, 2.45) is 0 Å². The van der Waals surface area contributed by atoms with Gasteiger partial charge in [0.15, 0.2) is 0 Å². The highest BCUT2D eigenvalue weighted by atomic mass is 32.1. The minimum absolute atomic E-state index is 1.23. The maximum Gasteiger partial charge on any atom is 0.0542 e. The Morgan fingerprint density at radius 1 is 0.231 bits per heavy atom. The zero-order chi connectivity index (χ0) is 34.2. The van der Waals surface area contributed by atoms with Crippen molar-refractivity contribution < 1.29 is 0 Å². The van der Waals surface area contributed by atoms with Crippen molar-refractivity contribution in [1.29, 1.82) is 0 Å². The fourth-order valence-electron chi connectivity index (χ4n) is 7.86. The molecule has 11 rings (SSSR count). The van der Waals surface area contributed by atoms with Crippen molar-refractivity contribution in [2.75, 3.05) is 0 Å². The van der Waals surface area contributed by atoms with Crippen LogP contribution in [-0.4, -0.2) is 0 Å². The zero-order valence-electron chi connectivity index (χ0n) is 28.1. The molecule has 2 aromatic heterocycles. The Bertz CT molecular complexity index is 3180. The molecule has 0 N–H and O–H groups in total. The Balaban J connectivity index is 0.918. The zero-order valence-corrected chi connectivity index (χ0v) is 29.8. The molecule has 0 saturated carbocycles. The van der Waals surface area contributed by atoms with Crippen molar-refractivity contribution in [3.05, 3.63) is 182 Å². The quantitative estimate of drug-likeness (QED) is 0.172. The summed E-state index contributed by atoms with van der Waals surface area (Å²) in [6.45, 7) is 0. The number of hydrogen-bond donors (Lipinski definition) is 0. The lowest BCUT2D eigenvalue weighted by atomic mass is 9.94. The first-order valence-electron chi connectivity index (χ1n) is 17.7. The molecule has 11 aromatic rings. The first-order valence-corrected chi connectivity index (χ1v) is 19.4. The van der Waals surface area contributed by atoms with Gasteiger partial charge in [0.05, 0.1) is 9.40 Å². The van der Waals surface area contributed by atoms with Crippen LogP contribution in [0.15, 0.2) is 182 Å². The Morgan fingerprint density at radius 2 is 0.596 bits per heavy atom. The molecule has 2 heterocycles. The van der Waals surface area contributed by atoms with E-state index in [9.17, 15) is 0 Å². The van der Waals surface area contributed by atoms with E-state index in [1.807, 2.05) is 22.7 Å². The van der Waals surface area contributed by atoms with Crippen LogP contribution in [0, 0.1) is 0 Å². The minimum Gasteiger partial charge on any atom is -0.134 e. The van der Waals surface area contributed by atoms with Gasteiger partial charge in [-0.15, -0.1) is 22.7 Å². The van der Waals surface area contributed by atoms with E-state index in [0.717, 1.165) is 0 Å². The summed E-state index contributed by atoms with van der Waals surface area (Å²) in [4.78, 5) is 0. The highest BCUT2D eigenvalue weighted by molar-refractivity contribution is 7.36. The summed E-state index contributed by atoms with van der Waals surface area (Å²) in [7, 11) is 0. The average molecular weight is 695 g/mol. The van der Waals surface area contributed by atoms with Gasteiger partial charge in [0.25, 0.3) is 0 Å². The highest BCUT2D eigenvalue weighted by Crippen LogP contribution is 2.46. The number of fused-ring (bicyclic) bond motifs is 8. The van der Waals surface area contributed by atoms with E-state index in [0.29, 0.717) is 0 Å². The number of benzene rings is 9. The third-order valence-corrected chi connectivity index (χ3v) is 13.1. The summed E-state index contributed by atoms with van der Waals surface area (Å²) >= 11 is 3.87. The molecule has 0 aliphatic carbocycles. The third-order valence-electron chi connectivity index (χ3n) is 10.6. The molecule has 0 saturated heterocycles. The first kappa shape index (κ1) is 29.6.